The highest BCUT2D eigenvalue weighted by atomic mass is 32.2. The zero-order valence-corrected chi connectivity index (χ0v) is 21.8. The van der Waals surface area contributed by atoms with Gasteiger partial charge in [0.25, 0.3) is 5.01 Å². The van der Waals surface area contributed by atoms with Crippen molar-refractivity contribution in [2.45, 2.75) is 18.7 Å². The van der Waals surface area contributed by atoms with E-state index in [1.54, 1.807) is 23.1 Å². The number of hydrogen-bond donors (Lipinski definition) is 0. The van der Waals surface area contributed by atoms with Crippen LogP contribution in [0.15, 0.2) is 94.9 Å². The quantitative estimate of drug-likeness (QED) is 0.204. The van der Waals surface area contributed by atoms with Crippen molar-refractivity contribution in [2.75, 3.05) is 11.9 Å². The Hall–Kier alpha value is -3.22. The molecule has 0 saturated heterocycles. The maximum absolute atomic E-state index is 14.0. The molecule has 1 aromatic heterocycles. The highest BCUT2D eigenvalue weighted by molar-refractivity contribution is 8.03. The van der Waals surface area contributed by atoms with Crippen LogP contribution in [0, 0.1) is 11.6 Å². The van der Waals surface area contributed by atoms with Crippen molar-refractivity contribution in [3.05, 3.63) is 112 Å². The zero-order chi connectivity index (χ0) is 24.9. The maximum atomic E-state index is 14.0. The highest BCUT2D eigenvalue weighted by Crippen LogP contribution is 2.44. The summed E-state index contributed by atoms with van der Waals surface area (Å²) < 4.78 is 31.3. The topological polar surface area (TPSA) is 7.12 Å². The number of aromatic nitrogens is 1. The first-order valence-electron chi connectivity index (χ1n) is 11.4. The summed E-state index contributed by atoms with van der Waals surface area (Å²) in [7, 11) is 4.04. The Balaban J connectivity index is 0.00000141. The van der Waals surface area contributed by atoms with Crippen LogP contribution in [0.1, 0.15) is 24.4 Å². The number of aryl methyl sites for hydroxylation is 1. The van der Waals surface area contributed by atoms with Gasteiger partial charge in [-0.15, -0.1) is 0 Å². The lowest BCUT2D eigenvalue weighted by molar-refractivity contribution is -0.642. The average Bonchev–Trinajstić information content (AvgIpc) is 3.36. The van der Waals surface area contributed by atoms with Gasteiger partial charge in [-0.3, -0.25) is 0 Å². The lowest BCUT2D eigenvalue weighted by atomic mass is 10.0. The van der Waals surface area contributed by atoms with Crippen LogP contribution in [0.4, 0.5) is 14.5 Å². The molecule has 0 amide bonds. The highest BCUT2D eigenvalue weighted by Gasteiger charge is 2.20. The Morgan fingerprint density at radius 1 is 0.943 bits per heavy atom. The van der Waals surface area contributed by atoms with E-state index in [-0.39, 0.29) is 0 Å². The number of rotatable bonds is 4. The van der Waals surface area contributed by atoms with Gasteiger partial charge in [0.2, 0.25) is 5.52 Å². The molecule has 4 aromatic rings. The third-order valence-electron chi connectivity index (χ3n) is 5.55. The zero-order valence-electron chi connectivity index (χ0n) is 20.1. The number of thiazole rings is 1. The second-order valence-electron chi connectivity index (χ2n) is 7.71. The minimum atomic E-state index is -0.593. The predicted molar refractivity (Wildman–Crippen MR) is 147 cm³/mol. The number of hydrogen-bond acceptors (Lipinski definition) is 3. The van der Waals surface area contributed by atoms with E-state index in [2.05, 4.69) is 33.7 Å². The summed E-state index contributed by atoms with van der Waals surface area (Å²) in [5, 5.41) is 2.10. The first-order chi connectivity index (χ1) is 17.0. The molecule has 0 radical (unpaired) electrons. The van der Waals surface area contributed by atoms with E-state index in [1.807, 2.05) is 76.5 Å². The van der Waals surface area contributed by atoms with Crippen molar-refractivity contribution < 1.29 is 13.3 Å². The van der Waals surface area contributed by atoms with Gasteiger partial charge in [-0.25, -0.2) is 8.78 Å². The van der Waals surface area contributed by atoms with E-state index in [1.165, 1.54) is 21.7 Å². The van der Waals surface area contributed by atoms with Crippen molar-refractivity contribution in [2.24, 2.45) is 7.05 Å². The Morgan fingerprint density at radius 2 is 1.63 bits per heavy atom. The summed E-state index contributed by atoms with van der Waals surface area (Å²) in [5.74, 6) is -1.19. The van der Waals surface area contributed by atoms with Gasteiger partial charge in [0, 0.05) is 30.2 Å². The Kier molecular flexibility index (Phi) is 7.83. The predicted octanol–water partition coefficient (Wildman–Crippen LogP) is 8.21. The summed E-state index contributed by atoms with van der Waals surface area (Å²) in [6.07, 6.45) is 7.83. The van der Waals surface area contributed by atoms with Crippen molar-refractivity contribution in [1.29, 1.82) is 0 Å². The van der Waals surface area contributed by atoms with Crippen LogP contribution in [0.5, 0.6) is 0 Å². The van der Waals surface area contributed by atoms with Crippen molar-refractivity contribution >= 4 is 50.7 Å². The van der Waals surface area contributed by atoms with Gasteiger partial charge in [0.05, 0.1) is 10.7 Å². The van der Waals surface area contributed by atoms with Gasteiger partial charge >= 0.3 is 0 Å². The fourth-order valence-electron chi connectivity index (χ4n) is 3.82. The van der Waals surface area contributed by atoms with Gasteiger partial charge < -0.3 is 4.90 Å². The standard InChI is InChI=1S/C27H21F2N2S2.C2H6/c1-30-22-7-3-5-9-24(22)32-26(30)13-11-18(19-15-20(28)17-21(29)16-19)12-14-27-31(2)23-8-4-6-10-25(23)33-27;1-2/h3-17H,1-2H3;1-2H3/q+1;. The number of allylic oxidation sites excluding steroid dienone is 4. The van der Waals surface area contributed by atoms with Crippen molar-refractivity contribution in [1.82, 2.24) is 0 Å². The molecule has 178 valence electrons. The van der Waals surface area contributed by atoms with Crippen LogP contribution in [0.3, 0.4) is 0 Å². The number of nitrogens with zero attached hydrogens (tertiary/aromatic N) is 2. The smallest absolute Gasteiger partial charge is 0.262 e. The number of para-hydroxylation sites is 2. The largest absolute Gasteiger partial charge is 0.338 e. The molecule has 3 aromatic carbocycles. The molecular weight excluding hydrogens is 478 g/mol. The summed E-state index contributed by atoms with van der Waals surface area (Å²) in [5.41, 5.74) is 3.51. The molecule has 1 aliphatic heterocycles. The molecule has 0 aliphatic carbocycles. The molecule has 2 nitrogen and oxygen atoms in total. The summed E-state index contributed by atoms with van der Waals surface area (Å²) in [6.45, 7) is 4.00. The third-order valence-corrected chi connectivity index (χ3v) is 7.92. The van der Waals surface area contributed by atoms with Crippen LogP contribution >= 0.6 is 23.1 Å². The van der Waals surface area contributed by atoms with E-state index < -0.39 is 11.6 Å². The van der Waals surface area contributed by atoms with Gasteiger partial charge in [0.1, 0.15) is 23.4 Å². The molecule has 0 bridgehead atoms. The molecule has 0 spiro atoms. The molecule has 5 rings (SSSR count). The van der Waals surface area contributed by atoms with E-state index in [0.29, 0.717) is 5.56 Å². The third kappa shape index (κ3) is 5.39. The molecule has 6 heteroatoms. The minimum absolute atomic E-state index is 0.493. The molecule has 0 saturated carbocycles. The monoisotopic (exact) mass is 505 g/mol. The van der Waals surface area contributed by atoms with Gasteiger partial charge in [0.15, 0.2) is 0 Å². The molecular formula is C29H27F2N2S2+. The number of anilines is 1. The number of thioether (sulfide) groups is 1. The van der Waals surface area contributed by atoms with Crippen LogP contribution in [0.25, 0.3) is 21.9 Å². The van der Waals surface area contributed by atoms with Crippen molar-refractivity contribution in [3.8, 4) is 0 Å². The van der Waals surface area contributed by atoms with Gasteiger partial charge in [-0.2, -0.15) is 4.57 Å². The molecule has 35 heavy (non-hydrogen) atoms. The lowest BCUT2D eigenvalue weighted by Crippen LogP contribution is -2.28. The fraction of sp³-hybridized carbons (Fsp3) is 0.138. The van der Waals surface area contributed by atoms with E-state index >= 15 is 0 Å². The Morgan fingerprint density at radius 3 is 2.34 bits per heavy atom. The van der Waals surface area contributed by atoms with E-state index in [0.717, 1.165) is 32.9 Å². The first-order valence-corrected chi connectivity index (χ1v) is 13.1. The fourth-order valence-corrected chi connectivity index (χ4v) is 5.93. The van der Waals surface area contributed by atoms with Crippen molar-refractivity contribution in [3.63, 3.8) is 0 Å². The second kappa shape index (κ2) is 11.0. The number of benzene rings is 3. The summed E-state index contributed by atoms with van der Waals surface area (Å²) >= 11 is 3.35. The molecule has 0 fully saturated rings. The maximum Gasteiger partial charge on any atom is 0.262 e. The molecule has 1 aliphatic rings. The van der Waals surface area contributed by atoms with Gasteiger partial charge in [-0.05, 0) is 53.6 Å². The molecule has 0 atom stereocenters. The average molecular weight is 506 g/mol. The first kappa shape index (κ1) is 24.9. The van der Waals surface area contributed by atoms with E-state index in [9.17, 15) is 8.78 Å². The minimum Gasteiger partial charge on any atom is -0.338 e. The Bertz CT molecular complexity index is 1430. The normalized spacial score (nSPS) is 14.5. The Labute approximate surface area is 213 Å². The van der Waals surface area contributed by atoms with Crippen LogP contribution in [-0.4, -0.2) is 7.05 Å². The lowest BCUT2D eigenvalue weighted by Gasteiger charge is -2.12. The molecule has 0 unspecified atom stereocenters. The van der Waals surface area contributed by atoms with Crippen LogP contribution in [0.2, 0.25) is 0 Å². The SMILES string of the molecule is CC.CN1/C(=C/C=C(/C=C/c2sc3ccccc3[n+]2C)c2cc(F)cc(F)c2)Sc2ccccc21. The van der Waals surface area contributed by atoms with Gasteiger partial charge in [-0.1, -0.05) is 67.3 Å². The second-order valence-corrected chi connectivity index (χ2v) is 9.84. The summed E-state index contributed by atoms with van der Waals surface area (Å²) in [6, 6.07) is 20.0. The number of fused-ring (bicyclic) bond motifs is 2. The molecule has 2 heterocycles. The van der Waals surface area contributed by atoms with E-state index in [4.69, 9.17) is 0 Å². The number of halogens is 2. The van der Waals surface area contributed by atoms with Crippen LogP contribution in [-0.2, 0) is 7.05 Å². The summed E-state index contributed by atoms with van der Waals surface area (Å²) in [4.78, 5) is 3.31. The molecule has 0 N–H and O–H groups in total. The van der Waals surface area contributed by atoms with Crippen LogP contribution < -0.4 is 9.47 Å².